The van der Waals surface area contributed by atoms with E-state index < -0.39 is 6.43 Å². The molecule has 3 heteroatoms. The van der Waals surface area contributed by atoms with Crippen LogP contribution >= 0.6 is 0 Å². The van der Waals surface area contributed by atoms with Gasteiger partial charge in [-0.3, -0.25) is 0 Å². The van der Waals surface area contributed by atoms with Crippen LogP contribution in [0.4, 0.5) is 8.78 Å². The zero-order valence-corrected chi connectivity index (χ0v) is 6.59. The summed E-state index contributed by atoms with van der Waals surface area (Å²) in [4.78, 5) is 0. The standard InChI is InChI=1S/C10H5F2N/c11-10(12)9-5-3-8(4-6-9)2-1-7-13/h3-6,10H. The number of hydrogen-bond acceptors (Lipinski definition) is 1. The van der Waals surface area contributed by atoms with Gasteiger partial charge in [-0.1, -0.05) is 18.1 Å². The van der Waals surface area contributed by atoms with Gasteiger partial charge >= 0.3 is 0 Å². The first-order valence-corrected chi connectivity index (χ1v) is 3.52. The minimum absolute atomic E-state index is 0.0393. The van der Waals surface area contributed by atoms with Crippen LogP contribution in [0, 0.1) is 23.2 Å². The highest BCUT2D eigenvalue weighted by atomic mass is 19.3. The second-order valence-corrected chi connectivity index (χ2v) is 2.28. The van der Waals surface area contributed by atoms with Crippen molar-refractivity contribution in [3.63, 3.8) is 0 Å². The second kappa shape index (κ2) is 4.23. The molecule has 0 unspecified atom stereocenters. The first-order valence-electron chi connectivity index (χ1n) is 3.52. The minimum Gasteiger partial charge on any atom is -0.205 e. The molecule has 0 atom stereocenters. The summed E-state index contributed by atoms with van der Waals surface area (Å²) in [5.74, 6) is 4.69. The SMILES string of the molecule is N#CC#Cc1ccc(C(F)F)cc1. The average Bonchev–Trinajstić information content (AvgIpc) is 2.15. The highest BCUT2D eigenvalue weighted by Gasteiger charge is 2.04. The summed E-state index contributed by atoms with van der Waals surface area (Å²) in [7, 11) is 0. The molecule has 0 radical (unpaired) electrons. The molecule has 0 saturated heterocycles. The molecule has 0 bridgehead atoms. The summed E-state index contributed by atoms with van der Waals surface area (Å²) in [5, 5.41) is 8.13. The van der Waals surface area contributed by atoms with E-state index in [1.54, 1.807) is 6.07 Å². The minimum atomic E-state index is -2.46. The van der Waals surface area contributed by atoms with Crippen LogP contribution in [-0.4, -0.2) is 0 Å². The lowest BCUT2D eigenvalue weighted by molar-refractivity contribution is 0.151. The summed E-state index contributed by atoms with van der Waals surface area (Å²) < 4.78 is 24.1. The average molecular weight is 177 g/mol. The number of rotatable bonds is 1. The van der Waals surface area contributed by atoms with Gasteiger partial charge in [0.15, 0.2) is 6.07 Å². The van der Waals surface area contributed by atoms with Crippen molar-refractivity contribution in [2.24, 2.45) is 0 Å². The second-order valence-electron chi connectivity index (χ2n) is 2.28. The molecule has 0 spiro atoms. The molecule has 0 aliphatic rings. The quantitative estimate of drug-likeness (QED) is 0.604. The van der Waals surface area contributed by atoms with Crippen LogP contribution in [-0.2, 0) is 0 Å². The fourth-order valence-corrected chi connectivity index (χ4v) is 0.812. The predicted molar refractivity (Wildman–Crippen MR) is 43.9 cm³/mol. The Bertz CT molecular complexity index is 376. The Hall–Kier alpha value is -1.87. The van der Waals surface area contributed by atoms with Crippen molar-refractivity contribution < 1.29 is 8.78 Å². The van der Waals surface area contributed by atoms with E-state index in [2.05, 4.69) is 11.8 Å². The van der Waals surface area contributed by atoms with Crippen molar-refractivity contribution in [2.45, 2.75) is 6.43 Å². The third kappa shape index (κ3) is 2.57. The Kier molecular flexibility index (Phi) is 3.00. The number of alkyl halides is 2. The van der Waals surface area contributed by atoms with E-state index in [9.17, 15) is 8.78 Å². The van der Waals surface area contributed by atoms with Gasteiger partial charge in [0.25, 0.3) is 6.43 Å². The molecule has 0 aliphatic heterocycles. The van der Waals surface area contributed by atoms with Crippen LogP contribution < -0.4 is 0 Å². The van der Waals surface area contributed by atoms with Crippen molar-refractivity contribution in [2.75, 3.05) is 0 Å². The number of hydrogen-bond donors (Lipinski definition) is 0. The van der Waals surface area contributed by atoms with E-state index >= 15 is 0 Å². The molecule has 0 saturated carbocycles. The van der Waals surface area contributed by atoms with Gasteiger partial charge in [0, 0.05) is 17.0 Å². The highest BCUT2D eigenvalue weighted by Crippen LogP contribution is 2.18. The highest BCUT2D eigenvalue weighted by molar-refractivity contribution is 5.39. The Morgan fingerprint density at radius 1 is 1.15 bits per heavy atom. The third-order valence-electron chi connectivity index (χ3n) is 1.43. The maximum Gasteiger partial charge on any atom is 0.263 e. The number of benzene rings is 1. The monoisotopic (exact) mass is 177 g/mol. The summed E-state index contributed by atoms with van der Waals surface area (Å²) >= 11 is 0. The van der Waals surface area contributed by atoms with Gasteiger partial charge < -0.3 is 0 Å². The third-order valence-corrected chi connectivity index (χ3v) is 1.43. The first-order chi connectivity index (χ1) is 6.24. The van der Waals surface area contributed by atoms with Gasteiger partial charge in [0.2, 0.25) is 0 Å². The van der Waals surface area contributed by atoms with Crippen molar-refractivity contribution >= 4 is 0 Å². The topological polar surface area (TPSA) is 23.8 Å². The van der Waals surface area contributed by atoms with Gasteiger partial charge in [0.05, 0.1) is 0 Å². The van der Waals surface area contributed by atoms with E-state index in [0.29, 0.717) is 5.56 Å². The van der Waals surface area contributed by atoms with Crippen LogP contribution in [0.3, 0.4) is 0 Å². The first kappa shape index (κ1) is 9.22. The van der Waals surface area contributed by atoms with Crippen LogP contribution in [0.2, 0.25) is 0 Å². The molecule has 1 aromatic carbocycles. The zero-order chi connectivity index (χ0) is 9.68. The summed E-state index contributed by atoms with van der Waals surface area (Å²) in [5.41, 5.74) is 0.522. The lowest BCUT2D eigenvalue weighted by Crippen LogP contribution is -1.83. The van der Waals surface area contributed by atoms with E-state index in [0.717, 1.165) is 0 Å². The molecule has 1 rings (SSSR count). The Morgan fingerprint density at radius 3 is 2.23 bits per heavy atom. The largest absolute Gasteiger partial charge is 0.263 e. The lowest BCUT2D eigenvalue weighted by Gasteiger charge is -1.97. The zero-order valence-electron chi connectivity index (χ0n) is 6.59. The Labute approximate surface area is 74.6 Å². The smallest absolute Gasteiger partial charge is 0.205 e. The summed E-state index contributed by atoms with van der Waals surface area (Å²) in [6.07, 6.45) is -2.46. The van der Waals surface area contributed by atoms with Crippen molar-refractivity contribution in [3.8, 4) is 17.9 Å². The predicted octanol–water partition coefficient (Wildman–Crippen LogP) is 2.50. The van der Waals surface area contributed by atoms with Gasteiger partial charge in [0.1, 0.15) is 0 Å². The molecule has 1 aromatic rings. The van der Waals surface area contributed by atoms with E-state index in [4.69, 9.17) is 5.26 Å². The molecule has 13 heavy (non-hydrogen) atoms. The molecular formula is C10H5F2N. The van der Waals surface area contributed by atoms with Crippen LogP contribution in [0.1, 0.15) is 17.6 Å². The van der Waals surface area contributed by atoms with E-state index in [-0.39, 0.29) is 5.56 Å². The van der Waals surface area contributed by atoms with Gasteiger partial charge in [-0.15, -0.1) is 0 Å². The fraction of sp³-hybridized carbons (Fsp3) is 0.100. The Balaban J connectivity index is 2.89. The Morgan fingerprint density at radius 2 is 1.77 bits per heavy atom. The lowest BCUT2D eigenvalue weighted by atomic mass is 10.1. The molecule has 0 amide bonds. The van der Waals surface area contributed by atoms with Gasteiger partial charge in [-0.2, -0.15) is 5.26 Å². The summed E-state index contributed by atoms with van der Waals surface area (Å²) in [6.45, 7) is 0. The van der Waals surface area contributed by atoms with E-state index in [1.807, 2.05) is 0 Å². The van der Waals surface area contributed by atoms with Crippen LogP contribution in [0.5, 0.6) is 0 Å². The van der Waals surface area contributed by atoms with E-state index in [1.165, 1.54) is 24.3 Å². The summed E-state index contributed by atoms with van der Waals surface area (Å²) in [6, 6.07) is 7.17. The van der Waals surface area contributed by atoms with Gasteiger partial charge in [-0.05, 0) is 12.1 Å². The van der Waals surface area contributed by atoms with Crippen molar-refractivity contribution in [3.05, 3.63) is 35.4 Å². The van der Waals surface area contributed by atoms with Gasteiger partial charge in [-0.25, -0.2) is 8.78 Å². The number of nitrogens with zero attached hydrogens (tertiary/aromatic N) is 1. The fourth-order valence-electron chi connectivity index (χ4n) is 0.812. The molecule has 1 nitrogen and oxygen atoms in total. The molecule has 0 aliphatic carbocycles. The van der Waals surface area contributed by atoms with Crippen molar-refractivity contribution in [1.82, 2.24) is 0 Å². The maximum atomic E-state index is 12.1. The normalized spacial score (nSPS) is 8.77. The molecule has 0 aromatic heterocycles. The molecule has 0 fully saturated rings. The number of halogens is 2. The van der Waals surface area contributed by atoms with Crippen LogP contribution in [0.15, 0.2) is 24.3 Å². The number of nitriles is 1. The van der Waals surface area contributed by atoms with Crippen LogP contribution in [0.25, 0.3) is 0 Å². The van der Waals surface area contributed by atoms with Crippen molar-refractivity contribution in [1.29, 1.82) is 5.26 Å². The molecule has 0 N–H and O–H groups in total. The maximum absolute atomic E-state index is 12.1. The molecule has 64 valence electrons. The molecular weight excluding hydrogens is 172 g/mol. The molecule has 0 heterocycles.